The highest BCUT2D eigenvalue weighted by atomic mass is 32.2. The predicted octanol–water partition coefficient (Wildman–Crippen LogP) is -4.07. The highest BCUT2D eigenvalue weighted by molar-refractivity contribution is 7.98. The summed E-state index contributed by atoms with van der Waals surface area (Å²) in [5.74, 6) is -13.4. The minimum Gasteiger partial charge on any atom is -0.496 e. The number of primary amides is 1. The number of ether oxygens (including phenoxy) is 8. The number of H-pyrrole nitrogens is 1. The molecule has 38 nitrogen and oxygen atoms in total. The predicted molar refractivity (Wildman–Crippen MR) is 388 cm³/mol. The fourth-order valence-corrected chi connectivity index (χ4v) is 14.5. The molecule has 11 amide bonds. The lowest BCUT2D eigenvalue weighted by molar-refractivity contribution is -0.144. The monoisotopic (exact) mass is 1570 g/mol. The van der Waals surface area contributed by atoms with Crippen LogP contribution in [0.4, 0.5) is 4.79 Å². The largest absolute Gasteiger partial charge is 0.496 e. The molecule has 3 aromatic rings. The molecule has 6 heterocycles. The number of aromatic nitrogens is 4. The maximum atomic E-state index is 15.4. The van der Waals surface area contributed by atoms with Crippen LogP contribution in [0.3, 0.4) is 0 Å². The topological polar surface area (TPSA) is 520 Å². The Bertz CT molecular complexity index is 3640. The molecule has 0 aliphatic carbocycles. The minimum absolute atomic E-state index is 0.0540. The van der Waals surface area contributed by atoms with Gasteiger partial charge in [0.25, 0.3) is 11.8 Å². The number of methoxy groups -OCH3 is 1. The van der Waals surface area contributed by atoms with E-state index in [-0.39, 0.29) is 61.0 Å². The molecule has 0 saturated carbocycles. The van der Waals surface area contributed by atoms with Crippen LogP contribution in [0.25, 0.3) is 10.9 Å². The Hall–Kier alpha value is -8.42. The number of Topliss-reactive ketones (excluding diaryl/α,β-unsaturated/α-hetero) is 2. The summed E-state index contributed by atoms with van der Waals surface area (Å²) in [4.78, 5) is 169. The minimum atomic E-state index is -2.44. The lowest BCUT2D eigenvalue weighted by Gasteiger charge is -2.32. The second-order valence-electron chi connectivity index (χ2n) is 26.3. The van der Waals surface area contributed by atoms with Crippen molar-refractivity contribution in [2.75, 3.05) is 150 Å². The summed E-state index contributed by atoms with van der Waals surface area (Å²) in [5.41, 5.74) is 7.09. The number of imide groups is 1. The van der Waals surface area contributed by atoms with E-state index in [4.69, 9.17) is 43.6 Å². The smallest absolute Gasteiger partial charge is 0.314 e. The number of aliphatic hydroxyl groups is 3. The van der Waals surface area contributed by atoms with E-state index < -0.39 is 194 Å². The van der Waals surface area contributed by atoms with Crippen molar-refractivity contribution in [1.29, 1.82) is 0 Å². The summed E-state index contributed by atoms with van der Waals surface area (Å²) in [7, 11) is -1.02. The molecule has 1 saturated heterocycles. The number of aromatic amines is 1. The zero-order valence-corrected chi connectivity index (χ0v) is 63.3. The average molecular weight is 1580 g/mol. The Labute approximate surface area is 635 Å². The Kier molecular flexibility index (Phi) is 36.8. The van der Waals surface area contributed by atoms with Gasteiger partial charge in [-0.2, -0.15) is 11.8 Å². The number of nitrogens with two attached hydrogens (primary N) is 1. The molecule has 11 atom stereocenters. The number of hydrogen-bond acceptors (Lipinski definition) is 27. The quantitative estimate of drug-likeness (QED) is 0.0191. The van der Waals surface area contributed by atoms with Crippen LogP contribution in [0.5, 0.6) is 5.75 Å². The van der Waals surface area contributed by atoms with Crippen LogP contribution in [0, 0.1) is 23.7 Å². The van der Waals surface area contributed by atoms with E-state index in [1.807, 2.05) is 0 Å². The first-order valence-corrected chi connectivity index (χ1v) is 38.6. The standard InChI is InChI=1S/C69H102N14O24S2/c1-5-41(2)48-30-45(85)33-73-63(93)43-28-49-47-6-7-56(100-4)50(39-108-27-11-72-69(98)71-10-13-101-15-17-103-19-21-105-23-25-107-26-24-106-22-20-104-18-16-102-14-12-81-35-44(79-80-81)36-83-59(91)8-9-60(83)92)62(47)78-67(49)109(99)40-52(75-58(90)34-74-64(48)94)65(95)76-51(32-57(70)89)68(97)82-37-46(86)31-53(82)66(96)77-61(54(87)29-43)42(3)55(88)38-84/h6-9,35,41-43,46,48,51-53,55,61,78,84,86,88H,5,10-34,36-40H2,1-4H3,(H2,70,89)(H,73,93)(H,74,94)(H,75,90)(H,76,95)(H,77,96)(H2,71,72,98)/t41-,42-,43+,46+,48-,51-,52-,53-,55-,61-,109?/m0/s1. The Balaban J connectivity index is 0.902. The van der Waals surface area contributed by atoms with Crippen LogP contribution < -0.4 is 47.7 Å². The molecule has 2 bridgehead atoms. The van der Waals surface area contributed by atoms with Crippen molar-refractivity contribution >= 4 is 104 Å². The molecule has 1 unspecified atom stereocenters. The number of carbonyl (C=O) groups excluding carboxylic acids is 12. The Morgan fingerprint density at radius 2 is 1.38 bits per heavy atom. The number of amides is 11. The van der Waals surface area contributed by atoms with Gasteiger partial charge in [-0.1, -0.05) is 32.4 Å². The van der Waals surface area contributed by atoms with Crippen molar-refractivity contribution in [3.63, 3.8) is 0 Å². The first-order valence-electron chi connectivity index (χ1n) is 36.1. The molecule has 1 fully saturated rings. The molecular formula is C69H102N14O24S2. The van der Waals surface area contributed by atoms with Gasteiger partial charge in [0.2, 0.25) is 41.4 Å². The van der Waals surface area contributed by atoms with Crippen LogP contribution in [-0.4, -0.2) is 307 Å². The fraction of sp³-hybridized carbons (Fsp3) is 0.652. The molecule has 4 aliphatic heterocycles. The maximum Gasteiger partial charge on any atom is 0.314 e. The van der Waals surface area contributed by atoms with Gasteiger partial charge >= 0.3 is 6.03 Å². The number of carbonyl (C=O) groups is 12. The van der Waals surface area contributed by atoms with Gasteiger partial charge in [0.1, 0.15) is 34.6 Å². The van der Waals surface area contributed by atoms with Gasteiger partial charge in [0.05, 0.1) is 185 Å². The third-order valence-electron chi connectivity index (χ3n) is 18.5. The molecule has 4 aliphatic rings. The SMILES string of the molecule is CC[C@H](C)[C@@H]1CC(=O)CNC(=O)[C@H]2CC(=O)[C@H]([C@@H](C)[C@@H](O)CO)NC(=O)[C@@H]3C[C@@H](O)CN3C(=O)[C@H](CC(N)=O)NC(=O)[C@H](CS(=O)c3[nH]c4c(CSCCNC(=O)NCCOCCOCCOCCOCCOCCOCCOCCn5cc(CN6C(=O)C=CC6=O)nn5)c(OC)ccc4c3C2)NC(=O)CNC1=O. The number of urea groups is 1. The number of hydrogen-bond donors (Lipinski definition) is 12. The van der Waals surface area contributed by atoms with E-state index in [1.165, 1.54) is 37.9 Å². The van der Waals surface area contributed by atoms with E-state index in [1.54, 1.807) is 36.9 Å². The van der Waals surface area contributed by atoms with Crippen LogP contribution >= 0.6 is 11.8 Å². The normalized spacial score (nSPS) is 22.3. The van der Waals surface area contributed by atoms with Gasteiger partial charge in [-0.05, 0) is 30.0 Å². The highest BCUT2D eigenvalue weighted by Gasteiger charge is 2.45. The lowest BCUT2D eigenvalue weighted by Crippen LogP contribution is -2.60. The summed E-state index contributed by atoms with van der Waals surface area (Å²) in [6, 6.07) is -4.26. The molecule has 13 N–H and O–H groups in total. The van der Waals surface area contributed by atoms with Gasteiger partial charge in [0, 0.05) is 91.3 Å². The van der Waals surface area contributed by atoms with E-state index in [2.05, 4.69) is 52.5 Å². The Morgan fingerprint density at radius 3 is 1.99 bits per heavy atom. The second-order valence-corrected chi connectivity index (χ2v) is 28.8. The molecule has 0 spiro atoms. The van der Waals surface area contributed by atoms with Gasteiger partial charge in [0.15, 0.2) is 11.6 Å². The number of nitrogens with one attached hydrogen (secondary N) is 8. The van der Waals surface area contributed by atoms with Crippen LogP contribution in [0.1, 0.15) is 69.7 Å². The summed E-state index contributed by atoms with van der Waals surface area (Å²) >= 11 is 1.37. The zero-order chi connectivity index (χ0) is 78.9. The fourth-order valence-electron chi connectivity index (χ4n) is 12.3. The zero-order valence-electron chi connectivity index (χ0n) is 61.6. The number of benzene rings is 1. The van der Waals surface area contributed by atoms with E-state index >= 15 is 9.00 Å². The van der Waals surface area contributed by atoms with Crippen molar-refractivity contribution in [2.24, 2.45) is 29.4 Å². The second kappa shape index (κ2) is 45.7. The number of ketones is 2. The number of fused-ring (bicyclic) bond motifs is 5. The van der Waals surface area contributed by atoms with Crippen LogP contribution in [-0.2, 0) is 122 Å². The van der Waals surface area contributed by atoms with Crippen molar-refractivity contribution < 1.29 is 115 Å². The third-order valence-corrected chi connectivity index (χ3v) is 20.9. The van der Waals surface area contributed by atoms with Gasteiger partial charge in [-0.3, -0.25) is 61.8 Å². The first kappa shape index (κ1) is 87.8. The van der Waals surface area contributed by atoms with Crippen LogP contribution in [0.2, 0.25) is 0 Å². The molecule has 40 heteroatoms. The highest BCUT2D eigenvalue weighted by Crippen LogP contribution is 2.37. The van der Waals surface area contributed by atoms with Crippen molar-refractivity contribution in [2.45, 2.75) is 120 Å². The van der Waals surface area contributed by atoms with E-state index in [9.17, 15) is 68.1 Å². The molecule has 604 valence electrons. The molecule has 0 radical (unpaired) electrons. The van der Waals surface area contributed by atoms with Crippen molar-refractivity contribution in [1.82, 2.24) is 67.0 Å². The Morgan fingerprint density at radius 1 is 0.761 bits per heavy atom. The molecule has 2 aromatic heterocycles. The summed E-state index contributed by atoms with van der Waals surface area (Å²) in [6.45, 7) is 7.73. The summed E-state index contributed by atoms with van der Waals surface area (Å²) < 4.78 is 61.6. The molecule has 7 rings (SSSR count). The summed E-state index contributed by atoms with van der Waals surface area (Å²) in [6.07, 6.45) is -1.41. The van der Waals surface area contributed by atoms with Gasteiger partial charge < -0.3 is 106 Å². The summed E-state index contributed by atoms with van der Waals surface area (Å²) in [5, 5.41) is 58.4. The van der Waals surface area contributed by atoms with Gasteiger partial charge in [-0.15, -0.1) is 5.10 Å². The number of aliphatic hydroxyl groups excluding tert-OH is 3. The van der Waals surface area contributed by atoms with Gasteiger partial charge in [-0.25, -0.2) is 9.48 Å². The van der Waals surface area contributed by atoms with Crippen LogP contribution in [0.15, 0.2) is 35.5 Å². The third kappa shape index (κ3) is 27.5. The van der Waals surface area contributed by atoms with E-state index in [0.29, 0.717) is 126 Å². The average Bonchev–Trinajstić information content (AvgIpc) is 1.61. The molecule has 1 aromatic carbocycles. The first-order chi connectivity index (χ1) is 52.4. The molecular weight excluding hydrogens is 1470 g/mol. The lowest BCUT2D eigenvalue weighted by atomic mass is 9.85. The van der Waals surface area contributed by atoms with E-state index in [0.717, 1.165) is 9.80 Å². The number of rotatable bonds is 39. The maximum absolute atomic E-state index is 15.4. The van der Waals surface area contributed by atoms with Crippen molar-refractivity contribution in [3.8, 4) is 5.75 Å². The number of nitrogens with zero attached hydrogens (tertiary/aromatic N) is 5. The van der Waals surface area contributed by atoms with Crippen molar-refractivity contribution in [3.05, 3.63) is 47.3 Å². The number of thioether (sulfide) groups is 1. The molecule has 109 heavy (non-hydrogen) atoms.